The van der Waals surface area contributed by atoms with Crippen LogP contribution in [-0.2, 0) is 25.5 Å². The van der Waals surface area contributed by atoms with Crippen LogP contribution in [0.25, 0.3) is 11.0 Å². The first-order chi connectivity index (χ1) is 11.5. The van der Waals surface area contributed by atoms with Gasteiger partial charge in [-0.25, -0.2) is 0 Å². The predicted molar refractivity (Wildman–Crippen MR) is 87.6 cm³/mol. The number of benzene rings is 1. The summed E-state index contributed by atoms with van der Waals surface area (Å²) >= 11 is 0. The van der Waals surface area contributed by atoms with Gasteiger partial charge in [0, 0.05) is 24.0 Å². The predicted octanol–water partition coefficient (Wildman–Crippen LogP) is 2.07. The number of morpholine rings is 1. The maximum absolute atomic E-state index is 12.1. The van der Waals surface area contributed by atoms with Gasteiger partial charge in [0.25, 0.3) is 5.91 Å². The van der Waals surface area contributed by atoms with Crippen molar-refractivity contribution in [1.29, 1.82) is 0 Å². The summed E-state index contributed by atoms with van der Waals surface area (Å²) in [6.45, 7) is 5.24. The lowest BCUT2D eigenvalue weighted by atomic mass is 10.1. The van der Waals surface area contributed by atoms with E-state index in [0.717, 1.165) is 22.1 Å². The molecule has 3 rings (SSSR count). The molecule has 1 aromatic carbocycles. The van der Waals surface area contributed by atoms with Gasteiger partial charge >= 0.3 is 5.97 Å². The zero-order valence-corrected chi connectivity index (χ0v) is 13.9. The van der Waals surface area contributed by atoms with E-state index in [0.29, 0.717) is 19.7 Å². The number of fused-ring (bicyclic) bond motifs is 1. The van der Waals surface area contributed by atoms with E-state index in [2.05, 4.69) is 0 Å². The number of carbonyl (C=O) groups is 2. The van der Waals surface area contributed by atoms with Gasteiger partial charge in [-0.05, 0) is 25.5 Å². The molecule has 2 aromatic rings. The molecule has 1 aliphatic heterocycles. The number of amides is 1. The second-order valence-corrected chi connectivity index (χ2v) is 6.12. The minimum absolute atomic E-state index is 0.0131. The number of ether oxygens (including phenoxy) is 2. The first-order valence-electron chi connectivity index (χ1n) is 8.04. The van der Waals surface area contributed by atoms with Gasteiger partial charge in [0.05, 0.1) is 25.4 Å². The highest BCUT2D eigenvalue weighted by Crippen LogP contribution is 2.22. The quantitative estimate of drug-likeness (QED) is 0.802. The fraction of sp³-hybridized carbons (Fsp3) is 0.444. The van der Waals surface area contributed by atoms with Gasteiger partial charge in [0.15, 0.2) is 6.61 Å². The smallest absolute Gasteiger partial charge is 0.310 e. The van der Waals surface area contributed by atoms with Gasteiger partial charge in [-0.3, -0.25) is 9.59 Å². The molecule has 0 bridgehead atoms. The van der Waals surface area contributed by atoms with Crippen molar-refractivity contribution in [3.05, 3.63) is 35.6 Å². The van der Waals surface area contributed by atoms with E-state index < -0.39 is 5.97 Å². The number of esters is 1. The van der Waals surface area contributed by atoms with Crippen molar-refractivity contribution >= 4 is 22.8 Å². The molecule has 0 N–H and O–H groups in total. The molecule has 24 heavy (non-hydrogen) atoms. The molecule has 0 aliphatic carbocycles. The van der Waals surface area contributed by atoms with Crippen LogP contribution in [0, 0.1) is 6.92 Å². The van der Waals surface area contributed by atoms with Crippen LogP contribution in [0.5, 0.6) is 0 Å². The maximum Gasteiger partial charge on any atom is 0.310 e. The molecule has 1 unspecified atom stereocenters. The van der Waals surface area contributed by atoms with Crippen LogP contribution in [0.3, 0.4) is 0 Å². The number of furan rings is 1. The van der Waals surface area contributed by atoms with E-state index in [1.165, 1.54) is 0 Å². The molecule has 1 atom stereocenters. The van der Waals surface area contributed by atoms with Crippen LogP contribution in [0.4, 0.5) is 0 Å². The summed E-state index contributed by atoms with van der Waals surface area (Å²) < 4.78 is 16.0. The molecule has 2 heterocycles. The minimum atomic E-state index is -0.437. The van der Waals surface area contributed by atoms with Crippen LogP contribution in [0.15, 0.2) is 28.9 Å². The molecule has 1 fully saturated rings. The summed E-state index contributed by atoms with van der Waals surface area (Å²) in [6, 6.07) is 5.82. The molecule has 6 nitrogen and oxygen atoms in total. The summed E-state index contributed by atoms with van der Waals surface area (Å²) in [5.74, 6) is -0.626. The third kappa shape index (κ3) is 3.76. The van der Waals surface area contributed by atoms with Crippen molar-refractivity contribution in [1.82, 2.24) is 4.90 Å². The third-order valence-corrected chi connectivity index (χ3v) is 4.10. The van der Waals surface area contributed by atoms with Crippen molar-refractivity contribution in [2.24, 2.45) is 0 Å². The SMILES string of the molecule is Cc1ccc2c(CC(=O)OCC(=O)N3CCOC(C)C3)coc2c1. The molecule has 128 valence electrons. The number of hydrogen-bond donors (Lipinski definition) is 0. The molecule has 1 amide bonds. The lowest BCUT2D eigenvalue weighted by molar-refractivity contribution is -0.154. The minimum Gasteiger partial charge on any atom is -0.464 e. The van der Waals surface area contributed by atoms with Gasteiger partial charge in [0.1, 0.15) is 5.58 Å². The Labute approximate surface area is 140 Å². The average molecular weight is 331 g/mol. The zero-order chi connectivity index (χ0) is 17.1. The fourth-order valence-corrected chi connectivity index (χ4v) is 2.81. The standard InChI is InChI=1S/C18H21NO5/c1-12-3-4-15-14(10-23-16(15)7-12)8-18(21)24-11-17(20)19-5-6-22-13(2)9-19/h3-4,7,10,13H,5-6,8-9,11H2,1-2H3. The molecular weight excluding hydrogens is 310 g/mol. The Kier molecular flexibility index (Phi) is 4.85. The van der Waals surface area contributed by atoms with Gasteiger partial charge in [-0.1, -0.05) is 12.1 Å². The van der Waals surface area contributed by atoms with Crippen molar-refractivity contribution in [2.45, 2.75) is 26.4 Å². The van der Waals surface area contributed by atoms with Crippen LogP contribution < -0.4 is 0 Å². The van der Waals surface area contributed by atoms with Gasteiger partial charge < -0.3 is 18.8 Å². The van der Waals surface area contributed by atoms with Crippen molar-refractivity contribution < 1.29 is 23.5 Å². The first kappa shape index (κ1) is 16.5. The highest BCUT2D eigenvalue weighted by Gasteiger charge is 2.22. The Bertz CT molecular complexity index is 751. The number of carbonyl (C=O) groups excluding carboxylic acids is 2. The molecule has 0 spiro atoms. The molecule has 1 aliphatic rings. The van der Waals surface area contributed by atoms with E-state index in [9.17, 15) is 9.59 Å². The van der Waals surface area contributed by atoms with Gasteiger partial charge in [-0.2, -0.15) is 0 Å². The molecule has 0 radical (unpaired) electrons. The van der Waals surface area contributed by atoms with Crippen molar-refractivity contribution in [3.8, 4) is 0 Å². The second kappa shape index (κ2) is 7.05. The van der Waals surface area contributed by atoms with Crippen molar-refractivity contribution in [2.75, 3.05) is 26.3 Å². The van der Waals surface area contributed by atoms with E-state index in [4.69, 9.17) is 13.9 Å². The van der Waals surface area contributed by atoms with E-state index in [-0.39, 0.29) is 25.0 Å². The van der Waals surface area contributed by atoms with Crippen LogP contribution in [0.1, 0.15) is 18.1 Å². The highest BCUT2D eigenvalue weighted by molar-refractivity contribution is 5.87. The maximum atomic E-state index is 12.1. The normalized spacial score (nSPS) is 17.9. The van der Waals surface area contributed by atoms with Gasteiger partial charge in [0.2, 0.25) is 0 Å². The van der Waals surface area contributed by atoms with Crippen LogP contribution in [0.2, 0.25) is 0 Å². The average Bonchev–Trinajstić information content (AvgIpc) is 2.94. The summed E-state index contributed by atoms with van der Waals surface area (Å²) in [5, 5.41) is 0.894. The molecule has 6 heteroatoms. The Balaban J connectivity index is 1.54. The van der Waals surface area contributed by atoms with E-state index >= 15 is 0 Å². The van der Waals surface area contributed by atoms with E-state index in [1.54, 1.807) is 11.2 Å². The zero-order valence-electron chi connectivity index (χ0n) is 13.9. The van der Waals surface area contributed by atoms with Crippen LogP contribution >= 0.6 is 0 Å². The Morgan fingerprint density at radius 1 is 1.38 bits per heavy atom. The number of hydrogen-bond acceptors (Lipinski definition) is 5. The number of nitrogens with zero attached hydrogens (tertiary/aromatic N) is 1. The third-order valence-electron chi connectivity index (χ3n) is 4.10. The Hall–Kier alpha value is -2.34. The second-order valence-electron chi connectivity index (χ2n) is 6.12. The lowest BCUT2D eigenvalue weighted by Crippen LogP contribution is -2.46. The summed E-state index contributed by atoms with van der Waals surface area (Å²) in [4.78, 5) is 25.8. The number of rotatable bonds is 4. The van der Waals surface area contributed by atoms with Crippen LogP contribution in [-0.4, -0.2) is 49.2 Å². The Morgan fingerprint density at radius 3 is 3.00 bits per heavy atom. The molecule has 1 saturated heterocycles. The summed E-state index contributed by atoms with van der Waals surface area (Å²) in [7, 11) is 0. The summed E-state index contributed by atoms with van der Waals surface area (Å²) in [5.41, 5.74) is 2.61. The monoisotopic (exact) mass is 331 g/mol. The van der Waals surface area contributed by atoms with Gasteiger partial charge in [-0.15, -0.1) is 0 Å². The highest BCUT2D eigenvalue weighted by atomic mass is 16.5. The number of aryl methyl sites for hydroxylation is 1. The van der Waals surface area contributed by atoms with E-state index in [1.807, 2.05) is 32.0 Å². The Morgan fingerprint density at radius 2 is 2.21 bits per heavy atom. The molecular formula is C18H21NO5. The topological polar surface area (TPSA) is 69.0 Å². The fourth-order valence-electron chi connectivity index (χ4n) is 2.81. The lowest BCUT2D eigenvalue weighted by Gasteiger charge is -2.30. The summed E-state index contributed by atoms with van der Waals surface area (Å²) in [6.07, 6.45) is 1.67. The van der Waals surface area contributed by atoms with Crippen molar-refractivity contribution in [3.63, 3.8) is 0 Å². The molecule has 0 saturated carbocycles. The largest absolute Gasteiger partial charge is 0.464 e. The molecule has 1 aromatic heterocycles. The first-order valence-corrected chi connectivity index (χ1v) is 8.04.